The molecule has 2 heterocycles. The molecule has 1 saturated heterocycles. The number of alkyl carbamates (subject to hydrolysis) is 1. The van der Waals surface area contributed by atoms with E-state index >= 15 is 4.79 Å². The minimum absolute atomic E-state index is 0.0293. The summed E-state index contributed by atoms with van der Waals surface area (Å²) in [5, 5.41) is 43.0. The van der Waals surface area contributed by atoms with E-state index in [0.29, 0.717) is 0 Å². The lowest BCUT2D eigenvalue weighted by molar-refractivity contribution is -0.346. The highest BCUT2D eigenvalue weighted by Gasteiger charge is 2.78. The molecule has 11 atom stereocenters. The number of carbonyl (C=O) groups is 7. The van der Waals surface area contributed by atoms with Crippen LogP contribution >= 0.6 is 11.3 Å². The number of hydrogen-bond donors (Lipinski definition) is 4. The quantitative estimate of drug-likeness (QED) is 0.0890. The van der Waals surface area contributed by atoms with Gasteiger partial charge in [-0.3, -0.25) is 9.59 Å². The summed E-state index contributed by atoms with van der Waals surface area (Å²) in [5.74, 6) is -6.76. The van der Waals surface area contributed by atoms with E-state index < -0.39 is 119 Å². The number of carbonyl (C=O) groups excluding carboxylic acids is 7. The molecule has 4 aliphatic rings. The highest BCUT2D eigenvalue weighted by atomic mass is 32.1. The van der Waals surface area contributed by atoms with Crippen molar-refractivity contribution in [2.24, 2.45) is 16.7 Å². The zero-order valence-corrected chi connectivity index (χ0v) is 37.7. The third-order valence-electron chi connectivity index (χ3n) is 13.6. The van der Waals surface area contributed by atoms with Gasteiger partial charge in [-0.25, -0.2) is 24.0 Å². The lowest BCUT2D eigenvalue weighted by atomic mass is 9.44. The van der Waals surface area contributed by atoms with Gasteiger partial charge in [0.2, 0.25) is 0 Å². The number of nitrogens with one attached hydrogen (secondary N) is 1. The third-order valence-corrected chi connectivity index (χ3v) is 14.3. The van der Waals surface area contributed by atoms with Gasteiger partial charge >= 0.3 is 36.1 Å². The van der Waals surface area contributed by atoms with Gasteiger partial charge in [0, 0.05) is 25.2 Å². The Kier molecular flexibility index (Phi) is 13.3. The van der Waals surface area contributed by atoms with E-state index in [4.69, 9.17) is 33.2 Å². The molecular formula is C47H51NO17S. The van der Waals surface area contributed by atoms with Gasteiger partial charge in [-0.2, -0.15) is 11.3 Å². The van der Waals surface area contributed by atoms with Gasteiger partial charge in [0.05, 0.1) is 47.8 Å². The number of benzene rings is 2. The second kappa shape index (κ2) is 18.4. The predicted octanol–water partition coefficient (Wildman–Crippen LogP) is 4.54. The standard InChI is InChI=1S/C47H51NO17S/c1-7-59-43(57)62-35-32-24(2)29(61-41(55)34(51)33(28-18-19-66-22-28)48-42(56)64-40(54)27-16-12-9-13-17-27)21-47(58,44(32,4)5)38(63-39(53)26-14-10-8-11-15-26)36-45(6,37(35)52)30(50)20-31-46(36,23-60-31)65-25(3)49/h8-19,22,29-31,33-36,38,50-51,58H,7,20-21,23H2,1-6H3,(H,48,56)/t29-,30-,31+,33-,34+,35+,36?,38?,45+,46-,47+/m0/s1. The Morgan fingerprint density at radius 2 is 1.56 bits per heavy atom. The average molecular weight is 934 g/mol. The van der Waals surface area contributed by atoms with Crippen molar-refractivity contribution < 1.29 is 82.0 Å². The first kappa shape index (κ1) is 48.0. The van der Waals surface area contributed by atoms with E-state index in [1.165, 1.54) is 81.7 Å². The molecule has 3 fully saturated rings. The van der Waals surface area contributed by atoms with Gasteiger partial charge < -0.3 is 53.8 Å². The van der Waals surface area contributed by atoms with Crippen LogP contribution in [0.4, 0.5) is 9.59 Å². The Morgan fingerprint density at radius 3 is 2.12 bits per heavy atom. The van der Waals surface area contributed by atoms with Gasteiger partial charge in [-0.05, 0) is 78.6 Å². The Hall–Kier alpha value is -5.99. The van der Waals surface area contributed by atoms with E-state index in [9.17, 15) is 44.1 Å². The normalized spacial score (nSPS) is 30.5. The highest BCUT2D eigenvalue weighted by Crippen LogP contribution is 2.64. The topological polar surface area (TPSA) is 257 Å². The first-order valence-electron chi connectivity index (χ1n) is 21.3. The van der Waals surface area contributed by atoms with Crippen molar-refractivity contribution in [3.8, 4) is 0 Å². The van der Waals surface area contributed by atoms with Crippen LogP contribution in [0.1, 0.15) is 86.7 Å². The molecule has 4 N–H and O–H groups in total. The molecule has 3 aliphatic carbocycles. The fourth-order valence-corrected chi connectivity index (χ4v) is 10.8. The smallest absolute Gasteiger partial charge is 0.456 e. The van der Waals surface area contributed by atoms with Crippen LogP contribution in [-0.2, 0) is 47.5 Å². The lowest BCUT2D eigenvalue weighted by Crippen LogP contribution is -2.82. The Morgan fingerprint density at radius 1 is 0.924 bits per heavy atom. The zero-order chi connectivity index (χ0) is 47.9. The van der Waals surface area contributed by atoms with Gasteiger partial charge in [0.25, 0.3) is 0 Å². The van der Waals surface area contributed by atoms with Crippen molar-refractivity contribution in [2.45, 2.75) is 108 Å². The van der Waals surface area contributed by atoms with Gasteiger partial charge in [0.1, 0.15) is 23.9 Å². The summed E-state index contributed by atoms with van der Waals surface area (Å²) in [7, 11) is 0. The second-order valence-electron chi connectivity index (χ2n) is 17.5. The summed E-state index contributed by atoms with van der Waals surface area (Å²) < 4.78 is 40.3. The molecule has 352 valence electrons. The molecule has 1 aliphatic heterocycles. The summed E-state index contributed by atoms with van der Waals surface area (Å²) in [6.07, 6.45) is -13.9. The lowest BCUT2D eigenvalue weighted by Gasteiger charge is -2.67. The zero-order valence-electron chi connectivity index (χ0n) is 36.9. The fraction of sp³-hybridized carbons (Fsp3) is 0.468. The average Bonchev–Trinajstić information content (AvgIpc) is 3.82. The van der Waals surface area contributed by atoms with Gasteiger partial charge in [-0.1, -0.05) is 50.2 Å². The number of Topliss-reactive ketones (excluding diaryl/α,β-unsaturated/α-hetero) is 1. The maximum Gasteiger partial charge on any atom is 0.509 e. The van der Waals surface area contributed by atoms with Crippen molar-refractivity contribution in [2.75, 3.05) is 13.2 Å². The molecule has 2 unspecified atom stereocenters. The largest absolute Gasteiger partial charge is 0.509 e. The number of amides is 1. The van der Waals surface area contributed by atoms with Gasteiger partial charge in [-0.15, -0.1) is 0 Å². The van der Waals surface area contributed by atoms with Crippen LogP contribution in [-0.4, -0.2) is 118 Å². The number of aliphatic hydroxyl groups excluding tert-OH is 2. The summed E-state index contributed by atoms with van der Waals surface area (Å²) in [6, 6.07) is 15.3. The SMILES string of the molecule is CCOC(=O)O[C@H]1C(=O)[C@@]2(C)C(C(OC(=O)c3ccccc3)[C@]3(O)C[C@H](OC(=O)[C@H](O)[C@@H](NC(=O)OC(=O)c4ccccc4)c4ccsc4)C(C)=C1C3(C)C)[C@]1(OC(C)=O)CO[C@@H]1C[C@@H]2O. The number of hydrogen-bond acceptors (Lipinski definition) is 18. The van der Waals surface area contributed by atoms with Crippen molar-refractivity contribution in [1.82, 2.24) is 5.32 Å². The van der Waals surface area contributed by atoms with E-state index in [1.54, 1.807) is 41.8 Å². The molecule has 66 heavy (non-hydrogen) atoms. The Labute approximate surface area is 383 Å². The van der Waals surface area contributed by atoms with Crippen LogP contribution < -0.4 is 5.32 Å². The van der Waals surface area contributed by atoms with E-state index in [1.807, 2.05) is 0 Å². The molecule has 7 rings (SSSR count). The molecule has 18 nitrogen and oxygen atoms in total. The summed E-state index contributed by atoms with van der Waals surface area (Å²) in [4.78, 5) is 96.5. The van der Waals surface area contributed by atoms with E-state index in [0.717, 1.165) is 6.92 Å². The molecular weight excluding hydrogens is 883 g/mol. The van der Waals surface area contributed by atoms with Crippen LogP contribution in [0.2, 0.25) is 0 Å². The molecule has 1 aromatic heterocycles. The fourth-order valence-electron chi connectivity index (χ4n) is 10.1. The number of esters is 4. The first-order chi connectivity index (χ1) is 31.2. The Balaban J connectivity index is 1.35. The summed E-state index contributed by atoms with van der Waals surface area (Å²) in [6.45, 7) is 7.91. The predicted molar refractivity (Wildman–Crippen MR) is 228 cm³/mol. The molecule has 2 aromatic carbocycles. The monoisotopic (exact) mass is 933 g/mol. The molecule has 0 spiro atoms. The highest BCUT2D eigenvalue weighted by molar-refractivity contribution is 7.08. The maximum absolute atomic E-state index is 15.6. The second-order valence-corrected chi connectivity index (χ2v) is 18.3. The van der Waals surface area contributed by atoms with E-state index in [2.05, 4.69) is 5.32 Å². The van der Waals surface area contributed by atoms with Crippen LogP contribution in [0, 0.1) is 16.7 Å². The first-order valence-corrected chi connectivity index (χ1v) is 22.2. The van der Waals surface area contributed by atoms with Gasteiger partial charge in [0.15, 0.2) is 23.6 Å². The van der Waals surface area contributed by atoms with Crippen molar-refractivity contribution in [3.63, 3.8) is 0 Å². The number of aliphatic hydroxyl groups is 3. The molecule has 0 radical (unpaired) electrons. The van der Waals surface area contributed by atoms with Crippen LogP contribution in [0.5, 0.6) is 0 Å². The summed E-state index contributed by atoms with van der Waals surface area (Å²) in [5.41, 5.74) is -7.96. The van der Waals surface area contributed by atoms with Crippen LogP contribution in [0.3, 0.4) is 0 Å². The maximum atomic E-state index is 15.6. The Bertz CT molecular complexity index is 2400. The van der Waals surface area contributed by atoms with Crippen molar-refractivity contribution >= 4 is 53.2 Å². The number of thiophene rings is 1. The molecule has 1 amide bonds. The summed E-state index contributed by atoms with van der Waals surface area (Å²) >= 11 is 1.17. The third kappa shape index (κ3) is 8.27. The minimum atomic E-state index is -2.48. The van der Waals surface area contributed by atoms with E-state index in [-0.39, 0.29) is 47.5 Å². The van der Waals surface area contributed by atoms with Crippen molar-refractivity contribution in [1.29, 1.82) is 0 Å². The molecule has 2 bridgehead atoms. The van der Waals surface area contributed by atoms with Crippen LogP contribution in [0.15, 0.2) is 88.6 Å². The number of fused-ring (bicyclic) bond motifs is 5. The molecule has 2 saturated carbocycles. The number of ketones is 1. The van der Waals surface area contributed by atoms with Crippen molar-refractivity contribution in [3.05, 3.63) is 105 Å². The van der Waals surface area contributed by atoms with Crippen LogP contribution in [0.25, 0.3) is 0 Å². The molecule has 3 aromatic rings. The minimum Gasteiger partial charge on any atom is -0.456 e. The number of rotatable bonds is 11. The molecule has 19 heteroatoms. The number of ether oxygens (including phenoxy) is 7.